The molecule has 0 saturated heterocycles. The summed E-state index contributed by atoms with van der Waals surface area (Å²) in [6.07, 6.45) is -0.613. The molecule has 0 amide bonds. The van der Waals surface area contributed by atoms with Crippen molar-refractivity contribution in [3.63, 3.8) is 0 Å². The minimum atomic E-state index is -0.613. The van der Waals surface area contributed by atoms with Crippen LogP contribution >= 0.6 is 12.2 Å². The Bertz CT molecular complexity index is 107. The number of hydrogen-bond donors (Lipinski definition) is 4. The van der Waals surface area contributed by atoms with Crippen LogP contribution in [-0.4, -0.2) is 29.5 Å². The summed E-state index contributed by atoms with van der Waals surface area (Å²) in [5.41, 5.74) is 5.20. The second-order valence-electron chi connectivity index (χ2n) is 1.86. The van der Waals surface area contributed by atoms with Gasteiger partial charge in [0.15, 0.2) is 5.11 Å². The fourth-order valence-corrected chi connectivity index (χ4v) is 0.699. The molecule has 0 heterocycles. The third-order valence-electron chi connectivity index (χ3n) is 0.770. The summed E-state index contributed by atoms with van der Waals surface area (Å²) < 4.78 is 0. The van der Waals surface area contributed by atoms with Gasteiger partial charge in [-0.15, -0.1) is 0 Å². The Morgan fingerprint density at radius 2 is 2.40 bits per heavy atom. The zero-order chi connectivity index (χ0) is 7.98. The van der Waals surface area contributed by atoms with Crippen LogP contribution in [0.3, 0.4) is 0 Å². The van der Waals surface area contributed by atoms with Gasteiger partial charge in [0.1, 0.15) is 6.23 Å². The topological polar surface area (TPSA) is 70.3 Å². The van der Waals surface area contributed by atoms with Gasteiger partial charge < -0.3 is 21.5 Å². The van der Waals surface area contributed by atoms with Gasteiger partial charge in [-0.1, -0.05) is 0 Å². The summed E-state index contributed by atoms with van der Waals surface area (Å²) in [6, 6.07) is 0. The van der Waals surface area contributed by atoms with Crippen LogP contribution in [0.5, 0.6) is 0 Å². The van der Waals surface area contributed by atoms with Gasteiger partial charge in [0.2, 0.25) is 0 Å². The smallest absolute Gasteiger partial charge is 0.168 e. The van der Waals surface area contributed by atoms with Crippen molar-refractivity contribution >= 4 is 17.3 Å². The summed E-state index contributed by atoms with van der Waals surface area (Å²) >= 11 is 4.76. The van der Waals surface area contributed by atoms with Crippen molar-refractivity contribution in [2.45, 2.75) is 13.2 Å². The fraction of sp³-hybridized carbons (Fsp3) is 0.800. The SMILES string of the molecule is CC(O)NC(=S)NCCN. The van der Waals surface area contributed by atoms with Crippen LogP contribution in [0.4, 0.5) is 0 Å². The van der Waals surface area contributed by atoms with Crippen molar-refractivity contribution < 1.29 is 5.11 Å². The van der Waals surface area contributed by atoms with Crippen LogP contribution in [0.2, 0.25) is 0 Å². The molecule has 0 fully saturated rings. The van der Waals surface area contributed by atoms with Gasteiger partial charge in [-0.05, 0) is 19.1 Å². The van der Waals surface area contributed by atoms with Gasteiger partial charge in [-0.25, -0.2) is 0 Å². The van der Waals surface area contributed by atoms with E-state index in [4.69, 9.17) is 23.1 Å². The molecule has 60 valence electrons. The summed E-state index contributed by atoms with van der Waals surface area (Å²) in [5.74, 6) is 0. The number of nitrogens with two attached hydrogens (primary N) is 1. The Balaban J connectivity index is 3.26. The first-order valence-corrected chi connectivity index (χ1v) is 3.50. The average molecular weight is 163 g/mol. The Hall–Kier alpha value is -0.390. The number of nitrogens with one attached hydrogen (secondary N) is 2. The monoisotopic (exact) mass is 163 g/mol. The van der Waals surface area contributed by atoms with E-state index in [1.807, 2.05) is 0 Å². The standard InChI is InChI=1S/C5H13N3OS/c1-4(9)8-5(10)7-3-2-6/h4,9H,2-3,6H2,1H3,(H2,7,8,10). The van der Waals surface area contributed by atoms with Gasteiger partial charge in [0, 0.05) is 13.1 Å². The Morgan fingerprint density at radius 1 is 1.80 bits per heavy atom. The molecule has 5 heteroatoms. The molecule has 0 bridgehead atoms. The number of hydrogen-bond acceptors (Lipinski definition) is 3. The van der Waals surface area contributed by atoms with Crippen molar-refractivity contribution in [2.75, 3.05) is 13.1 Å². The zero-order valence-corrected chi connectivity index (χ0v) is 6.74. The second-order valence-corrected chi connectivity index (χ2v) is 2.27. The number of aliphatic hydroxyl groups excluding tert-OH is 1. The predicted molar refractivity (Wildman–Crippen MR) is 44.5 cm³/mol. The van der Waals surface area contributed by atoms with E-state index < -0.39 is 6.23 Å². The summed E-state index contributed by atoms with van der Waals surface area (Å²) in [4.78, 5) is 0. The first kappa shape index (κ1) is 9.61. The van der Waals surface area contributed by atoms with E-state index in [1.165, 1.54) is 0 Å². The Kier molecular flexibility index (Phi) is 5.19. The molecular weight excluding hydrogens is 150 g/mol. The molecule has 0 aliphatic heterocycles. The lowest BCUT2D eigenvalue weighted by atomic mass is 10.6. The van der Waals surface area contributed by atoms with E-state index >= 15 is 0 Å². The van der Waals surface area contributed by atoms with E-state index in [1.54, 1.807) is 6.92 Å². The van der Waals surface area contributed by atoms with Crippen molar-refractivity contribution in [2.24, 2.45) is 5.73 Å². The van der Waals surface area contributed by atoms with Gasteiger partial charge in [0.25, 0.3) is 0 Å². The highest BCUT2D eigenvalue weighted by molar-refractivity contribution is 7.80. The van der Waals surface area contributed by atoms with E-state index in [9.17, 15) is 0 Å². The van der Waals surface area contributed by atoms with Crippen LogP contribution in [0.15, 0.2) is 0 Å². The first-order valence-electron chi connectivity index (χ1n) is 3.09. The molecule has 0 aromatic carbocycles. The second kappa shape index (κ2) is 5.40. The molecular formula is C5H13N3OS. The summed E-state index contributed by atoms with van der Waals surface area (Å²) in [6.45, 7) is 2.75. The molecule has 5 N–H and O–H groups in total. The van der Waals surface area contributed by atoms with Crippen LogP contribution in [-0.2, 0) is 0 Å². The van der Waals surface area contributed by atoms with Gasteiger partial charge >= 0.3 is 0 Å². The van der Waals surface area contributed by atoms with E-state index in [2.05, 4.69) is 10.6 Å². The third kappa shape index (κ3) is 5.74. The molecule has 0 rings (SSSR count). The maximum atomic E-state index is 8.75. The number of rotatable bonds is 3. The lowest BCUT2D eigenvalue weighted by Gasteiger charge is -2.10. The minimum Gasteiger partial charge on any atom is -0.374 e. The van der Waals surface area contributed by atoms with Gasteiger partial charge in [-0.3, -0.25) is 0 Å². The largest absolute Gasteiger partial charge is 0.374 e. The molecule has 0 spiro atoms. The highest BCUT2D eigenvalue weighted by Crippen LogP contribution is 1.71. The van der Waals surface area contributed by atoms with Gasteiger partial charge in [-0.2, -0.15) is 0 Å². The van der Waals surface area contributed by atoms with Crippen LogP contribution < -0.4 is 16.4 Å². The van der Waals surface area contributed by atoms with Gasteiger partial charge in [0.05, 0.1) is 0 Å². The number of thiocarbonyl (C=S) groups is 1. The molecule has 4 nitrogen and oxygen atoms in total. The normalized spacial score (nSPS) is 12.3. The lowest BCUT2D eigenvalue weighted by molar-refractivity contribution is 0.180. The molecule has 0 aliphatic rings. The molecule has 0 radical (unpaired) electrons. The highest BCUT2D eigenvalue weighted by Gasteiger charge is 1.95. The molecule has 0 aliphatic carbocycles. The average Bonchev–Trinajstić information content (AvgIpc) is 1.82. The molecule has 1 atom stereocenters. The Labute approximate surface area is 65.8 Å². The third-order valence-corrected chi connectivity index (χ3v) is 1.03. The quantitative estimate of drug-likeness (QED) is 0.309. The molecule has 1 unspecified atom stereocenters. The van der Waals surface area contributed by atoms with E-state index in [-0.39, 0.29) is 0 Å². The molecule has 10 heavy (non-hydrogen) atoms. The van der Waals surface area contributed by atoms with Crippen molar-refractivity contribution in [3.8, 4) is 0 Å². The van der Waals surface area contributed by atoms with E-state index in [0.29, 0.717) is 18.2 Å². The van der Waals surface area contributed by atoms with Crippen molar-refractivity contribution in [1.82, 2.24) is 10.6 Å². The summed E-state index contributed by atoms with van der Waals surface area (Å²) in [5, 5.41) is 14.6. The van der Waals surface area contributed by atoms with Crippen LogP contribution in [0.1, 0.15) is 6.92 Å². The summed E-state index contributed by atoms with van der Waals surface area (Å²) in [7, 11) is 0. The van der Waals surface area contributed by atoms with E-state index in [0.717, 1.165) is 0 Å². The highest BCUT2D eigenvalue weighted by atomic mass is 32.1. The number of aliphatic hydroxyl groups is 1. The zero-order valence-electron chi connectivity index (χ0n) is 5.92. The predicted octanol–water partition coefficient (Wildman–Crippen LogP) is -1.25. The molecule has 0 saturated carbocycles. The van der Waals surface area contributed by atoms with Crippen molar-refractivity contribution in [1.29, 1.82) is 0 Å². The Morgan fingerprint density at radius 3 is 2.80 bits per heavy atom. The minimum absolute atomic E-state index is 0.431. The first-order chi connectivity index (χ1) is 4.66. The molecule has 0 aromatic rings. The maximum Gasteiger partial charge on any atom is 0.168 e. The van der Waals surface area contributed by atoms with Crippen molar-refractivity contribution in [3.05, 3.63) is 0 Å². The fourth-order valence-electron chi connectivity index (χ4n) is 0.426. The lowest BCUT2D eigenvalue weighted by Crippen LogP contribution is -2.42. The van der Waals surface area contributed by atoms with Crippen LogP contribution in [0.25, 0.3) is 0 Å². The maximum absolute atomic E-state index is 8.75. The van der Waals surface area contributed by atoms with Crippen LogP contribution in [0, 0.1) is 0 Å². The molecule has 0 aromatic heterocycles.